The number of nitrogens with one attached hydrogen (secondary N) is 1. The van der Waals surface area contributed by atoms with Gasteiger partial charge in [0.1, 0.15) is 0 Å². The highest BCUT2D eigenvalue weighted by atomic mass is 16.6. The lowest BCUT2D eigenvalue weighted by atomic mass is 9.91. The number of rotatable bonds is 1. The molecule has 4 heteroatoms. The van der Waals surface area contributed by atoms with Gasteiger partial charge < -0.3 is 5.32 Å². The van der Waals surface area contributed by atoms with Gasteiger partial charge in [0.15, 0.2) is 0 Å². The molecule has 1 aromatic carbocycles. The molecule has 0 bridgehead atoms. The normalized spacial score (nSPS) is 17.1. The van der Waals surface area contributed by atoms with Crippen LogP contribution in [0.4, 0.5) is 11.4 Å². The summed E-state index contributed by atoms with van der Waals surface area (Å²) in [6.07, 6.45) is 2.08. The molecule has 0 atom stereocenters. The standard InChI is InChI=1S/C12H14N2O2/c1-8-7-12(2,3)13-11-5-4-9(14(15)16)6-10(8)11/h4-7,13H,1-3H3. The Balaban J connectivity index is 2.54. The molecule has 1 aliphatic heterocycles. The van der Waals surface area contributed by atoms with Gasteiger partial charge in [0.25, 0.3) is 5.69 Å². The Bertz CT molecular complexity index is 490. The van der Waals surface area contributed by atoms with Crippen molar-refractivity contribution >= 4 is 16.9 Å². The van der Waals surface area contributed by atoms with Crippen molar-refractivity contribution in [2.45, 2.75) is 26.3 Å². The highest BCUT2D eigenvalue weighted by Gasteiger charge is 2.23. The molecule has 2 rings (SSSR count). The number of non-ortho nitro benzene ring substituents is 1. The van der Waals surface area contributed by atoms with Crippen LogP contribution in [0.2, 0.25) is 0 Å². The molecule has 4 nitrogen and oxygen atoms in total. The SMILES string of the molecule is CC1=CC(C)(C)Nc2ccc([N+](=O)[O-])cc21. The van der Waals surface area contributed by atoms with Crippen molar-refractivity contribution in [3.63, 3.8) is 0 Å². The van der Waals surface area contributed by atoms with Crippen molar-refractivity contribution in [1.82, 2.24) is 0 Å². The van der Waals surface area contributed by atoms with Crippen LogP contribution >= 0.6 is 0 Å². The van der Waals surface area contributed by atoms with E-state index in [-0.39, 0.29) is 16.1 Å². The zero-order valence-electron chi connectivity index (χ0n) is 9.57. The van der Waals surface area contributed by atoms with Crippen LogP contribution < -0.4 is 5.32 Å². The molecule has 84 valence electrons. The Hall–Kier alpha value is -1.84. The molecule has 1 N–H and O–H groups in total. The predicted octanol–water partition coefficient (Wildman–Crippen LogP) is 3.20. The summed E-state index contributed by atoms with van der Waals surface area (Å²) in [7, 11) is 0. The fourth-order valence-electron chi connectivity index (χ4n) is 2.08. The number of nitro groups is 1. The molecule has 0 radical (unpaired) electrons. The number of hydrogen-bond acceptors (Lipinski definition) is 3. The van der Waals surface area contributed by atoms with E-state index in [1.165, 1.54) is 6.07 Å². The van der Waals surface area contributed by atoms with Crippen molar-refractivity contribution in [1.29, 1.82) is 0 Å². The average molecular weight is 218 g/mol. The van der Waals surface area contributed by atoms with Crippen LogP contribution in [0.5, 0.6) is 0 Å². The van der Waals surface area contributed by atoms with Crippen molar-refractivity contribution in [2.24, 2.45) is 0 Å². The molecular formula is C12H14N2O2. The summed E-state index contributed by atoms with van der Waals surface area (Å²) >= 11 is 0. The molecule has 0 spiro atoms. The summed E-state index contributed by atoms with van der Waals surface area (Å²) in [5.41, 5.74) is 2.97. The van der Waals surface area contributed by atoms with E-state index in [4.69, 9.17) is 0 Å². The van der Waals surface area contributed by atoms with Crippen LogP contribution in [0.15, 0.2) is 24.3 Å². The van der Waals surface area contributed by atoms with Crippen LogP contribution in [-0.4, -0.2) is 10.5 Å². The van der Waals surface area contributed by atoms with E-state index >= 15 is 0 Å². The molecule has 0 saturated heterocycles. The number of benzene rings is 1. The molecule has 0 fully saturated rings. The number of nitro benzene ring substituents is 1. The summed E-state index contributed by atoms with van der Waals surface area (Å²) in [6, 6.07) is 4.91. The first-order valence-electron chi connectivity index (χ1n) is 5.15. The lowest BCUT2D eigenvalue weighted by Gasteiger charge is -2.31. The summed E-state index contributed by atoms with van der Waals surface area (Å²) in [5.74, 6) is 0. The molecule has 0 aromatic heterocycles. The van der Waals surface area contributed by atoms with Crippen molar-refractivity contribution in [3.8, 4) is 0 Å². The van der Waals surface area contributed by atoms with E-state index in [2.05, 4.69) is 25.2 Å². The van der Waals surface area contributed by atoms with Crippen LogP contribution in [0.3, 0.4) is 0 Å². The highest BCUT2D eigenvalue weighted by Crippen LogP contribution is 2.35. The average Bonchev–Trinajstić information content (AvgIpc) is 2.15. The minimum absolute atomic E-state index is 0.104. The zero-order valence-corrected chi connectivity index (χ0v) is 9.57. The molecule has 0 saturated carbocycles. The molecule has 1 aliphatic rings. The lowest BCUT2D eigenvalue weighted by Crippen LogP contribution is -2.31. The van der Waals surface area contributed by atoms with Crippen LogP contribution in [0.1, 0.15) is 26.3 Å². The number of fused-ring (bicyclic) bond motifs is 1. The maximum absolute atomic E-state index is 10.7. The first kappa shape index (κ1) is 10.7. The van der Waals surface area contributed by atoms with E-state index in [1.54, 1.807) is 12.1 Å². The first-order valence-corrected chi connectivity index (χ1v) is 5.15. The van der Waals surface area contributed by atoms with Crippen molar-refractivity contribution in [2.75, 3.05) is 5.32 Å². The van der Waals surface area contributed by atoms with Gasteiger partial charge in [-0.25, -0.2) is 0 Å². The third-order valence-electron chi connectivity index (χ3n) is 2.67. The molecule has 0 unspecified atom stereocenters. The monoisotopic (exact) mass is 218 g/mol. The number of hydrogen-bond donors (Lipinski definition) is 1. The quantitative estimate of drug-likeness (QED) is 0.581. The minimum atomic E-state index is -0.368. The molecule has 1 heterocycles. The Morgan fingerprint density at radius 2 is 2.06 bits per heavy atom. The van der Waals surface area contributed by atoms with Crippen molar-refractivity contribution in [3.05, 3.63) is 40.0 Å². The van der Waals surface area contributed by atoms with Gasteiger partial charge in [0.05, 0.1) is 10.5 Å². The van der Waals surface area contributed by atoms with Crippen LogP contribution in [0.25, 0.3) is 5.57 Å². The highest BCUT2D eigenvalue weighted by molar-refractivity contribution is 5.81. The van der Waals surface area contributed by atoms with Gasteiger partial charge in [-0.1, -0.05) is 6.08 Å². The largest absolute Gasteiger partial charge is 0.376 e. The van der Waals surface area contributed by atoms with Crippen molar-refractivity contribution < 1.29 is 4.92 Å². The van der Waals surface area contributed by atoms with Gasteiger partial charge in [-0.2, -0.15) is 0 Å². The molecule has 16 heavy (non-hydrogen) atoms. The second-order valence-corrected chi connectivity index (χ2v) is 4.66. The van der Waals surface area contributed by atoms with Gasteiger partial charge in [0, 0.05) is 23.4 Å². The molecular weight excluding hydrogens is 204 g/mol. The predicted molar refractivity (Wildman–Crippen MR) is 64.4 cm³/mol. The van der Waals surface area contributed by atoms with Gasteiger partial charge >= 0.3 is 0 Å². The summed E-state index contributed by atoms with van der Waals surface area (Å²) in [6.45, 7) is 6.12. The van der Waals surface area contributed by atoms with E-state index in [0.717, 1.165) is 16.8 Å². The van der Waals surface area contributed by atoms with Gasteiger partial charge in [-0.15, -0.1) is 0 Å². The van der Waals surface area contributed by atoms with Gasteiger partial charge in [-0.3, -0.25) is 10.1 Å². The second kappa shape index (κ2) is 3.33. The second-order valence-electron chi connectivity index (χ2n) is 4.66. The van der Waals surface area contributed by atoms with Crippen LogP contribution in [0, 0.1) is 10.1 Å². The van der Waals surface area contributed by atoms with Crippen LogP contribution in [-0.2, 0) is 0 Å². The number of anilines is 1. The molecule has 0 aliphatic carbocycles. The first-order chi connectivity index (χ1) is 7.39. The fourth-order valence-corrected chi connectivity index (χ4v) is 2.08. The summed E-state index contributed by atoms with van der Waals surface area (Å²) in [5, 5.41) is 14.0. The Morgan fingerprint density at radius 3 is 2.69 bits per heavy atom. The van der Waals surface area contributed by atoms with Gasteiger partial charge in [0.2, 0.25) is 0 Å². The van der Waals surface area contributed by atoms with E-state index in [1.807, 2.05) is 6.92 Å². The minimum Gasteiger partial charge on any atom is -0.376 e. The van der Waals surface area contributed by atoms with E-state index < -0.39 is 0 Å². The number of allylic oxidation sites excluding steroid dienone is 1. The Morgan fingerprint density at radius 1 is 1.38 bits per heavy atom. The smallest absolute Gasteiger partial charge is 0.270 e. The Kier molecular flexibility index (Phi) is 2.22. The third-order valence-corrected chi connectivity index (χ3v) is 2.67. The maximum atomic E-state index is 10.7. The summed E-state index contributed by atoms with van der Waals surface area (Å²) in [4.78, 5) is 10.3. The molecule has 0 amide bonds. The third kappa shape index (κ3) is 1.78. The van der Waals surface area contributed by atoms with E-state index in [0.29, 0.717) is 0 Å². The molecule has 1 aromatic rings. The lowest BCUT2D eigenvalue weighted by molar-refractivity contribution is -0.384. The summed E-state index contributed by atoms with van der Waals surface area (Å²) < 4.78 is 0. The topological polar surface area (TPSA) is 55.2 Å². The number of nitrogens with zero attached hydrogens (tertiary/aromatic N) is 1. The van der Waals surface area contributed by atoms with Gasteiger partial charge in [-0.05, 0) is 32.4 Å². The van der Waals surface area contributed by atoms with E-state index in [9.17, 15) is 10.1 Å². The maximum Gasteiger partial charge on any atom is 0.270 e. The fraction of sp³-hybridized carbons (Fsp3) is 0.333. The zero-order chi connectivity index (χ0) is 11.9. The Labute approximate surface area is 94.1 Å².